The summed E-state index contributed by atoms with van der Waals surface area (Å²) >= 11 is 6.02. The zero-order valence-electron chi connectivity index (χ0n) is 14.7. The molecule has 0 aromatic carbocycles. The van der Waals surface area contributed by atoms with Crippen molar-refractivity contribution in [2.45, 2.75) is 18.9 Å². The number of hydrogen-bond donors (Lipinski definition) is 4. The Morgan fingerprint density at radius 1 is 1.39 bits per heavy atom. The minimum Gasteiger partial charge on any atom is -0.480 e. The first kappa shape index (κ1) is 18.6. The van der Waals surface area contributed by atoms with Gasteiger partial charge in [-0.15, -0.1) is 0 Å². The van der Waals surface area contributed by atoms with Gasteiger partial charge in [-0.2, -0.15) is 0 Å². The van der Waals surface area contributed by atoms with Gasteiger partial charge >= 0.3 is 5.97 Å². The molecule has 0 bridgehead atoms. The van der Waals surface area contributed by atoms with Gasteiger partial charge in [0.15, 0.2) is 17.5 Å². The van der Waals surface area contributed by atoms with Crippen molar-refractivity contribution in [3.63, 3.8) is 0 Å². The monoisotopic (exact) mass is 404 g/mol. The van der Waals surface area contributed by atoms with Crippen molar-refractivity contribution in [2.75, 3.05) is 18.4 Å². The molecule has 0 aliphatic carbocycles. The number of hydrogen-bond acceptors (Lipinski definition) is 6. The van der Waals surface area contributed by atoms with Crippen molar-refractivity contribution in [3.8, 4) is 11.4 Å². The molecule has 10 heteroatoms. The van der Waals surface area contributed by atoms with Crippen LogP contribution in [0.5, 0.6) is 0 Å². The largest absolute Gasteiger partial charge is 0.480 e. The summed E-state index contributed by atoms with van der Waals surface area (Å²) in [7, 11) is 0. The normalized spacial score (nSPS) is 19.6. The first-order chi connectivity index (χ1) is 13.5. The maximum absolute atomic E-state index is 14.2. The Bertz CT molecular complexity index is 1030. The summed E-state index contributed by atoms with van der Waals surface area (Å²) < 4.78 is 14.2. The molecule has 0 saturated carbocycles. The second-order valence-electron chi connectivity index (χ2n) is 6.70. The number of rotatable bonds is 5. The predicted molar refractivity (Wildman–Crippen MR) is 103 cm³/mol. The number of piperidine rings is 1. The van der Waals surface area contributed by atoms with Gasteiger partial charge in [0.1, 0.15) is 11.7 Å². The Balaban J connectivity index is 1.58. The maximum atomic E-state index is 14.2. The fourth-order valence-electron chi connectivity index (χ4n) is 3.48. The summed E-state index contributed by atoms with van der Waals surface area (Å²) in [4.78, 5) is 27.0. The number of carboxylic acid groups (broad SMARTS) is 1. The summed E-state index contributed by atoms with van der Waals surface area (Å²) in [6.07, 6.45) is 5.92. The Labute approximate surface area is 164 Å². The van der Waals surface area contributed by atoms with Crippen LogP contribution in [0.1, 0.15) is 12.8 Å². The Morgan fingerprint density at radius 2 is 2.25 bits per heavy atom. The van der Waals surface area contributed by atoms with E-state index in [0.29, 0.717) is 35.1 Å². The molecular weight excluding hydrogens is 387 g/mol. The topological polar surface area (TPSA) is 116 Å². The predicted octanol–water partition coefficient (Wildman–Crippen LogP) is 2.68. The van der Waals surface area contributed by atoms with E-state index in [1.807, 2.05) is 0 Å². The van der Waals surface area contributed by atoms with Gasteiger partial charge in [0.2, 0.25) is 0 Å². The zero-order chi connectivity index (χ0) is 19.7. The van der Waals surface area contributed by atoms with Crippen LogP contribution in [0.25, 0.3) is 22.4 Å². The number of H-pyrrole nitrogens is 1. The van der Waals surface area contributed by atoms with Gasteiger partial charge in [-0.25, -0.2) is 19.3 Å². The van der Waals surface area contributed by atoms with Crippen molar-refractivity contribution >= 4 is 34.4 Å². The van der Waals surface area contributed by atoms with Crippen LogP contribution < -0.4 is 10.6 Å². The quantitative estimate of drug-likeness (QED) is 0.516. The Hall–Kier alpha value is -2.78. The summed E-state index contributed by atoms with van der Waals surface area (Å²) in [5.41, 5.74) is 1.27. The van der Waals surface area contributed by atoms with E-state index in [1.165, 1.54) is 6.20 Å². The van der Waals surface area contributed by atoms with Crippen molar-refractivity contribution in [3.05, 3.63) is 35.5 Å². The van der Waals surface area contributed by atoms with Crippen LogP contribution >= 0.6 is 11.6 Å². The van der Waals surface area contributed by atoms with Gasteiger partial charge in [0.25, 0.3) is 0 Å². The molecule has 2 unspecified atom stereocenters. The second-order valence-corrected chi connectivity index (χ2v) is 7.13. The van der Waals surface area contributed by atoms with Crippen molar-refractivity contribution < 1.29 is 14.3 Å². The Morgan fingerprint density at radius 3 is 3.07 bits per heavy atom. The SMILES string of the molecule is O=C(O)C1NCCCC1CNc1nc(-c2c[nH]c3ncc(Cl)cc23)ncc1F. The molecule has 4 N–H and O–H groups in total. The van der Waals surface area contributed by atoms with E-state index in [4.69, 9.17) is 11.6 Å². The van der Waals surface area contributed by atoms with E-state index in [9.17, 15) is 14.3 Å². The molecule has 2 atom stereocenters. The van der Waals surface area contributed by atoms with Gasteiger partial charge < -0.3 is 20.7 Å². The average molecular weight is 405 g/mol. The molecule has 1 aliphatic heterocycles. The number of nitrogens with zero attached hydrogens (tertiary/aromatic N) is 3. The van der Waals surface area contributed by atoms with Gasteiger partial charge in [0.05, 0.1) is 11.2 Å². The van der Waals surface area contributed by atoms with Crippen LogP contribution in [0.3, 0.4) is 0 Å². The number of nitrogens with one attached hydrogen (secondary N) is 3. The highest BCUT2D eigenvalue weighted by Crippen LogP contribution is 2.28. The maximum Gasteiger partial charge on any atom is 0.321 e. The van der Waals surface area contributed by atoms with E-state index < -0.39 is 17.8 Å². The molecule has 28 heavy (non-hydrogen) atoms. The van der Waals surface area contributed by atoms with Gasteiger partial charge in [0, 0.05) is 35.8 Å². The number of pyridine rings is 1. The van der Waals surface area contributed by atoms with Gasteiger partial charge in [-0.05, 0) is 25.5 Å². The number of aliphatic carboxylic acids is 1. The number of anilines is 1. The van der Waals surface area contributed by atoms with E-state index in [-0.39, 0.29) is 11.7 Å². The lowest BCUT2D eigenvalue weighted by atomic mass is 9.91. The minimum absolute atomic E-state index is 0.0315. The third-order valence-corrected chi connectivity index (χ3v) is 5.07. The standard InChI is InChI=1S/C18H18ClFN6O2/c19-10-4-11-12(7-24-15(11)23-6-10)16-25-8-13(20)17(26-16)22-5-9-2-1-3-21-14(9)18(27)28/h4,6-9,14,21H,1-3,5H2,(H,23,24)(H,27,28)(H,22,25,26). The summed E-state index contributed by atoms with van der Waals surface area (Å²) in [5.74, 6) is -1.33. The smallest absolute Gasteiger partial charge is 0.321 e. The molecule has 1 fully saturated rings. The molecule has 1 aliphatic rings. The Kier molecular flexibility index (Phi) is 5.10. The van der Waals surface area contributed by atoms with Gasteiger partial charge in [-0.3, -0.25) is 4.79 Å². The molecule has 3 aromatic rings. The highest BCUT2D eigenvalue weighted by Gasteiger charge is 2.30. The number of aromatic nitrogens is 4. The first-order valence-electron chi connectivity index (χ1n) is 8.88. The molecule has 3 aromatic heterocycles. The molecule has 1 saturated heterocycles. The molecule has 4 rings (SSSR count). The van der Waals surface area contributed by atoms with E-state index in [0.717, 1.165) is 24.4 Å². The fourth-order valence-corrected chi connectivity index (χ4v) is 3.63. The number of carbonyl (C=O) groups is 1. The van der Waals surface area contributed by atoms with Crippen LogP contribution in [0.4, 0.5) is 10.2 Å². The second kappa shape index (κ2) is 7.69. The third kappa shape index (κ3) is 3.63. The summed E-state index contributed by atoms with van der Waals surface area (Å²) in [6, 6.07) is 1.08. The van der Waals surface area contributed by atoms with E-state index in [2.05, 4.69) is 30.6 Å². The fraction of sp³-hybridized carbons (Fsp3) is 0.333. The van der Waals surface area contributed by atoms with Crippen LogP contribution in [0.2, 0.25) is 5.02 Å². The molecular formula is C18H18ClFN6O2. The van der Waals surface area contributed by atoms with Crippen LogP contribution in [-0.4, -0.2) is 50.1 Å². The van der Waals surface area contributed by atoms with E-state index >= 15 is 0 Å². The molecule has 8 nitrogen and oxygen atoms in total. The molecule has 0 amide bonds. The van der Waals surface area contributed by atoms with Gasteiger partial charge in [-0.1, -0.05) is 11.6 Å². The van der Waals surface area contributed by atoms with Crippen LogP contribution in [0.15, 0.2) is 24.7 Å². The summed E-state index contributed by atoms with van der Waals surface area (Å²) in [5, 5.41) is 16.5. The zero-order valence-corrected chi connectivity index (χ0v) is 15.5. The lowest BCUT2D eigenvalue weighted by Gasteiger charge is -2.29. The highest BCUT2D eigenvalue weighted by molar-refractivity contribution is 6.31. The van der Waals surface area contributed by atoms with Crippen molar-refractivity contribution in [1.29, 1.82) is 0 Å². The number of fused-ring (bicyclic) bond motifs is 1. The third-order valence-electron chi connectivity index (χ3n) is 4.87. The number of aromatic amines is 1. The van der Waals surface area contributed by atoms with Crippen LogP contribution in [0, 0.1) is 11.7 Å². The first-order valence-corrected chi connectivity index (χ1v) is 9.26. The summed E-state index contributed by atoms with van der Waals surface area (Å²) in [6.45, 7) is 0.954. The average Bonchev–Trinajstić information content (AvgIpc) is 3.10. The van der Waals surface area contributed by atoms with Crippen molar-refractivity contribution in [1.82, 2.24) is 25.3 Å². The number of carboxylic acids is 1. The molecule has 0 radical (unpaired) electrons. The van der Waals surface area contributed by atoms with Crippen LogP contribution in [-0.2, 0) is 4.79 Å². The van der Waals surface area contributed by atoms with Crippen molar-refractivity contribution in [2.24, 2.45) is 5.92 Å². The lowest BCUT2D eigenvalue weighted by molar-refractivity contribution is -0.141. The lowest BCUT2D eigenvalue weighted by Crippen LogP contribution is -2.49. The molecule has 4 heterocycles. The molecule has 146 valence electrons. The molecule has 0 spiro atoms. The highest BCUT2D eigenvalue weighted by atomic mass is 35.5. The number of halogens is 2. The minimum atomic E-state index is -0.904. The van der Waals surface area contributed by atoms with E-state index in [1.54, 1.807) is 12.3 Å².